The molecule has 1 aliphatic heterocycles. The Balaban J connectivity index is 1.91. The van der Waals surface area contributed by atoms with Crippen LogP contribution in [0, 0.1) is 6.92 Å². The largest absolute Gasteiger partial charge is 0.405 e. The Morgan fingerprint density at radius 3 is 2.74 bits per heavy atom. The van der Waals surface area contributed by atoms with Crippen LogP contribution in [0.2, 0.25) is 0 Å². The summed E-state index contributed by atoms with van der Waals surface area (Å²) in [7, 11) is 0. The van der Waals surface area contributed by atoms with Gasteiger partial charge in [0, 0.05) is 4.88 Å². The van der Waals surface area contributed by atoms with E-state index in [-0.39, 0.29) is 0 Å². The molecule has 1 aliphatic rings. The summed E-state index contributed by atoms with van der Waals surface area (Å²) in [6.07, 6.45) is 5.22. The molecule has 0 saturated carbocycles. The lowest BCUT2D eigenvalue weighted by Crippen LogP contribution is -1.97. The topological polar surface area (TPSA) is 50.1 Å². The maximum Gasteiger partial charge on any atom is 0.108 e. The zero-order valence-corrected chi connectivity index (χ0v) is 11.4. The number of allylic oxidation sites excluding steroid dienone is 2. The van der Waals surface area contributed by atoms with E-state index in [0.717, 1.165) is 17.2 Å². The molecule has 1 aromatic carbocycles. The van der Waals surface area contributed by atoms with Crippen molar-refractivity contribution in [2.24, 2.45) is 5.73 Å². The normalized spacial score (nSPS) is 15.5. The molecule has 3 nitrogen and oxygen atoms in total. The number of hydrogen-bond acceptors (Lipinski definition) is 4. The van der Waals surface area contributed by atoms with E-state index in [9.17, 15) is 0 Å². The maximum atomic E-state index is 5.33. The Kier molecular flexibility index (Phi) is 3.01. The minimum atomic E-state index is 0.941. The fourth-order valence-electron chi connectivity index (χ4n) is 2.05. The first-order valence-corrected chi connectivity index (χ1v) is 6.96. The summed E-state index contributed by atoms with van der Waals surface area (Å²) >= 11 is 1.77. The van der Waals surface area contributed by atoms with Gasteiger partial charge in [-0.1, -0.05) is 6.07 Å². The highest BCUT2D eigenvalue weighted by molar-refractivity contribution is 7.13. The second-order valence-corrected chi connectivity index (χ2v) is 5.38. The lowest BCUT2D eigenvalue weighted by Gasteiger charge is -2.01. The van der Waals surface area contributed by atoms with Crippen LogP contribution < -0.4 is 16.4 Å². The SMILES string of the molecule is Cc1csc(-c2ccc3c(c2)N/C(=C/C=C/N)N3)c1. The summed E-state index contributed by atoms with van der Waals surface area (Å²) in [5.74, 6) is 0.941. The maximum absolute atomic E-state index is 5.33. The van der Waals surface area contributed by atoms with E-state index in [0.29, 0.717) is 0 Å². The van der Waals surface area contributed by atoms with Crippen molar-refractivity contribution in [3.8, 4) is 10.4 Å². The number of nitrogens with two attached hydrogens (primary N) is 1. The van der Waals surface area contributed by atoms with Gasteiger partial charge < -0.3 is 16.4 Å². The van der Waals surface area contributed by atoms with E-state index in [1.54, 1.807) is 17.4 Å². The molecule has 0 radical (unpaired) electrons. The fraction of sp³-hybridized carbons (Fsp3) is 0.0667. The van der Waals surface area contributed by atoms with Crippen LogP contribution in [0.3, 0.4) is 0 Å². The van der Waals surface area contributed by atoms with Crippen molar-refractivity contribution in [1.82, 2.24) is 0 Å². The lowest BCUT2D eigenvalue weighted by molar-refractivity contribution is 1.47. The number of fused-ring (bicyclic) bond motifs is 1. The number of rotatable bonds is 2. The fourth-order valence-corrected chi connectivity index (χ4v) is 2.95. The molecule has 0 amide bonds. The molecule has 0 atom stereocenters. The van der Waals surface area contributed by atoms with E-state index in [1.807, 2.05) is 6.08 Å². The van der Waals surface area contributed by atoms with Gasteiger partial charge in [0.15, 0.2) is 0 Å². The van der Waals surface area contributed by atoms with Crippen LogP contribution in [0.1, 0.15) is 5.56 Å². The first kappa shape index (κ1) is 11.9. The van der Waals surface area contributed by atoms with Crippen LogP contribution in [-0.4, -0.2) is 0 Å². The van der Waals surface area contributed by atoms with Crippen LogP contribution >= 0.6 is 11.3 Å². The molecule has 3 rings (SSSR count). The van der Waals surface area contributed by atoms with Crippen LogP contribution in [0.5, 0.6) is 0 Å². The number of thiophene rings is 1. The van der Waals surface area contributed by atoms with Gasteiger partial charge in [0.05, 0.1) is 11.4 Å². The molecule has 0 spiro atoms. The van der Waals surface area contributed by atoms with E-state index in [4.69, 9.17) is 5.73 Å². The smallest absolute Gasteiger partial charge is 0.108 e. The molecule has 0 unspecified atom stereocenters. The molecular formula is C15H15N3S. The summed E-state index contributed by atoms with van der Waals surface area (Å²) in [6.45, 7) is 2.12. The standard InChI is InChI=1S/C15H15N3S/c1-10-7-14(19-9-10)11-4-5-12-13(8-11)18-15(17-12)3-2-6-16/h2-9,17-18H,16H2,1H3/b6-2+,15-3+. The zero-order chi connectivity index (χ0) is 13.2. The predicted octanol–water partition coefficient (Wildman–Crippen LogP) is 3.87. The number of aryl methyl sites for hydroxylation is 1. The highest BCUT2D eigenvalue weighted by Crippen LogP contribution is 2.36. The predicted molar refractivity (Wildman–Crippen MR) is 83.1 cm³/mol. The first-order valence-electron chi connectivity index (χ1n) is 6.08. The zero-order valence-electron chi connectivity index (χ0n) is 10.6. The van der Waals surface area contributed by atoms with Gasteiger partial charge in [0.1, 0.15) is 5.82 Å². The molecule has 19 heavy (non-hydrogen) atoms. The average Bonchev–Trinajstić information content (AvgIpc) is 3.01. The number of benzene rings is 1. The van der Waals surface area contributed by atoms with Crippen molar-refractivity contribution in [2.45, 2.75) is 6.92 Å². The Hall–Kier alpha value is -2.20. The molecule has 4 N–H and O–H groups in total. The van der Waals surface area contributed by atoms with Crippen LogP contribution in [-0.2, 0) is 0 Å². The Bertz CT molecular complexity index is 668. The summed E-state index contributed by atoms with van der Waals surface area (Å²) in [6, 6.07) is 8.61. The van der Waals surface area contributed by atoms with Crippen LogP contribution in [0.4, 0.5) is 11.4 Å². The monoisotopic (exact) mass is 269 g/mol. The second-order valence-electron chi connectivity index (χ2n) is 4.46. The van der Waals surface area contributed by atoms with Crippen molar-refractivity contribution >= 4 is 22.7 Å². The molecule has 0 bridgehead atoms. The van der Waals surface area contributed by atoms with Crippen molar-refractivity contribution in [1.29, 1.82) is 0 Å². The minimum Gasteiger partial charge on any atom is -0.405 e. The van der Waals surface area contributed by atoms with Crippen molar-refractivity contribution in [2.75, 3.05) is 10.6 Å². The van der Waals surface area contributed by atoms with Gasteiger partial charge in [-0.05, 0) is 60.0 Å². The Labute approximate surface area is 116 Å². The molecule has 0 fully saturated rings. The van der Waals surface area contributed by atoms with Crippen molar-refractivity contribution < 1.29 is 0 Å². The lowest BCUT2D eigenvalue weighted by atomic mass is 10.1. The van der Waals surface area contributed by atoms with Gasteiger partial charge >= 0.3 is 0 Å². The van der Waals surface area contributed by atoms with Gasteiger partial charge in [0.25, 0.3) is 0 Å². The first-order chi connectivity index (χ1) is 9.26. The van der Waals surface area contributed by atoms with E-state index in [2.05, 4.69) is 47.2 Å². The van der Waals surface area contributed by atoms with Gasteiger partial charge in [-0.15, -0.1) is 11.3 Å². The average molecular weight is 269 g/mol. The third-order valence-electron chi connectivity index (χ3n) is 2.95. The van der Waals surface area contributed by atoms with Gasteiger partial charge in [0.2, 0.25) is 0 Å². The number of hydrogen-bond donors (Lipinski definition) is 3. The quantitative estimate of drug-likeness (QED) is 0.775. The van der Waals surface area contributed by atoms with Crippen molar-refractivity contribution in [3.05, 3.63) is 59.4 Å². The summed E-state index contributed by atoms with van der Waals surface area (Å²) in [4.78, 5) is 1.29. The molecule has 4 heteroatoms. The summed E-state index contributed by atoms with van der Waals surface area (Å²) in [5.41, 5.74) is 10.1. The highest BCUT2D eigenvalue weighted by Gasteiger charge is 2.14. The van der Waals surface area contributed by atoms with Gasteiger partial charge in [-0.25, -0.2) is 0 Å². The molecular weight excluding hydrogens is 254 g/mol. The minimum absolute atomic E-state index is 0.941. The molecule has 0 aliphatic carbocycles. The van der Waals surface area contributed by atoms with E-state index < -0.39 is 0 Å². The number of anilines is 2. The third-order valence-corrected chi connectivity index (χ3v) is 4.04. The molecule has 0 saturated heterocycles. The van der Waals surface area contributed by atoms with Crippen LogP contribution in [0.25, 0.3) is 10.4 Å². The third kappa shape index (κ3) is 2.35. The molecule has 96 valence electrons. The van der Waals surface area contributed by atoms with E-state index in [1.165, 1.54) is 22.2 Å². The molecule has 2 aromatic rings. The summed E-state index contributed by atoms with van der Waals surface area (Å²) < 4.78 is 0. The van der Waals surface area contributed by atoms with Crippen molar-refractivity contribution in [3.63, 3.8) is 0 Å². The highest BCUT2D eigenvalue weighted by atomic mass is 32.1. The Morgan fingerprint density at radius 1 is 1.16 bits per heavy atom. The molecule has 2 heterocycles. The van der Waals surface area contributed by atoms with Gasteiger partial charge in [-0.2, -0.15) is 0 Å². The van der Waals surface area contributed by atoms with E-state index >= 15 is 0 Å². The summed E-state index contributed by atoms with van der Waals surface area (Å²) in [5, 5.41) is 8.81. The van der Waals surface area contributed by atoms with Gasteiger partial charge in [-0.3, -0.25) is 0 Å². The Morgan fingerprint density at radius 2 is 2.00 bits per heavy atom. The van der Waals surface area contributed by atoms with Crippen LogP contribution in [0.15, 0.2) is 53.8 Å². The number of nitrogens with one attached hydrogen (secondary N) is 2. The second kappa shape index (κ2) is 4.82. The molecule has 1 aromatic heterocycles.